The second kappa shape index (κ2) is 12.1. The molecule has 0 aliphatic rings. The quantitative estimate of drug-likeness (QED) is 0.457. The zero-order chi connectivity index (χ0) is 25.5. The molecular weight excluding hydrogens is 526 g/mol. The largest absolute Gasteiger partial charge is 0.497 e. The van der Waals surface area contributed by atoms with Crippen LogP contribution in [0.5, 0.6) is 11.5 Å². The van der Waals surface area contributed by atoms with Gasteiger partial charge in [-0.15, -0.1) is 0 Å². The van der Waals surface area contributed by atoms with Crippen LogP contribution >= 0.6 is 15.9 Å². The lowest BCUT2D eigenvalue weighted by atomic mass is 10.1. The SMILES string of the molecule is CCNC(=O)C(C)N(Cc1cccc(Br)c1)C(=O)CN(c1ccc(OC)cc1OC)S(C)(=O)=O. The van der Waals surface area contributed by atoms with Gasteiger partial charge in [0.1, 0.15) is 24.1 Å². The van der Waals surface area contributed by atoms with Gasteiger partial charge in [0.15, 0.2) is 0 Å². The molecule has 0 aromatic heterocycles. The molecule has 0 fully saturated rings. The molecule has 0 aliphatic carbocycles. The highest BCUT2D eigenvalue weighted by atomic mass is 79.9. The number of rotatable bonds is 11. The van der Waals surface area contributed by atoms with Gasteiger partial charge >= 0.3 is 0 Å². The molecule has 2 aromatic rings. The van der Waals surface area contributed by atoms with E-state index < -0.39 is 28.5 Å². The second-order valence-electron chi connectivity index (χ2n) is 7.53. The van der Waals surface area contributed by atoms with Crippen LogP contribution in [0.15, 0.2) is 46.9 Å². The van der Waals surface area contributed by atoms with Crippen molar-refractivity contribution in [2.45, 2.75) is 26.4 Å². The van der Waals surface area contributed by atoms with Crippen molar-refractivity contribution in [1.29, 1.82) is 0 Å². The molecule has 1 unspecified atom stereocenters. The van der Waals surface area contributed by atoms with Gasteiger partial charge in [-0.2, -0.15) is 0 Å². The summed E-state index contributed by atoms with van der Waals surface area (Å²) in [5.41, 5.74) is 0.971. The number of anilines is 1. The van der Waals surface area contributed by atoms with E-state index in [1.807, 2.05) is 24.3 Å². The van der Waals surface area contributed by atoms with Gasteiger partial charge in [-0.3, -0.25) is 13.9 Å². The van der Waals surface area contributed by atoms with Crippen LogP contribution in [0.3, 0.4) is 0 Å². The Labute approximate surface area is 209 Å². The Morgan fingerprint density at radius 1 is 1.12 bits per heavy atom. The van der Waals surface area contributed by atoms with Crippen LogP contribution in [0.25, 0.3) is 0 Å². The van der Waals surface area contributed by atoms with Gasteiger partial charge in [-0.1, -0.05) is 28.1 Å². The smallest absolute Gasteiger partial charge is 0.244 e. The molecule has 0 bridgehead atoms. The monoisotopic (exact) mass is 555 g/mol. The molecule has 2 rings (SSSR count). The van der Waals surface area contributed by atoms with E-state index in [0.717, 1.165) is 20.6 Å². The van der Waals surface area contributed by atoms with Crippen LogP contribution in [0.4, 0.5) is 5.69 Å². The maximum atomic E-state index is 13.5. The third-order valence-electron chi connectivity index (χ3n) is 5.10. The Balaban J connectivity index is 2.46. The lowest BCUT2D eigenvalue weighted by Crippen LogP contribution is -2.51. The van der Waals surface area contributed by atoms with Crippen molar-refractivity contribution in [2.24, 2.45) is 0 Å². The summed E-state index contributed by atoms with van der Waals surface area (Å²) in [6.45, 7) is 3.40. The van der Waals surface area contributed by atoms with E-state index in [0.29, 0.717) is 12.3 Å². The molecule has 0 heterocycles. The molecule has 186 valence electrons. The number of likely N-dealkylation sites (N-methyl/N-ethyl adjacent to an activating group) is 1. The van der Waals surface area contributed by atoms with Crippen molar-refractivity contribution in [3.63, 3.8) is 0 Å². The number of ether oxygens (including phenoxy) is 2. The van der Waals surface area contributed by atoms with Crippen molar-refractivity contribution in [2.75, 3.05) is 37.9 Å². The van der Waals surface area contributed by atoms with Gasteiger partial charge in [0, 0.05) is 23.6 Å². The van der Waals surface area contributed by atoms with Gasteiger partial charge in [0.25, 0.3) is 0 Å². The highest BCUT2D eigenvalue weighted by Crippen LogP contribution is 2.33. The highest BCUT2D eigenvalue weighted by molar-refractivity contribution is 9.10. The van der Waals surface area contributed by atoms with E-state index in [2.05, 4.69) is 21.2 Å². The zero-order valence-electron chi connectivity index (χ0n) is 19.9. The number of nitrogens with one attached hydrogen (secondary N) is 1. The number of hydrogen-bond donors (Lipinski definition) is 1. The number of hydrogen-bond acceptors (Lipinski definition) is 6. The number of methoxy groups -OCH3 is 2. The Hall–Kier alpha value is -2.79. The van der Waals surface area contributed by atoms with Crippen LogP contribution in [-0.2, 0) is 26.2 Å². The summed E-state index contributed by atoms with van der Waals surface area (Å²) in [6, 6.07) is 11.1. The predicted molar refractivity (Wildman–Crippen MR) is 135 cm³/mol. The van der Waals surface area contributed by atoms with Gasteiger partial charge < -0.3 is 19.7 Å². The van der Waals surface area contributed by atoms with E-state index in [4.69, 9.17) is 9.47 Å². The number of halogens is 1. The zero-order valence-corrected chi connectivity index (χ0v) is 22.3. The van der Waals surface area contributed by atoms with Crippen LogP contribution in [0.2, 0.25) is 0 Å². The first kappa shape index (κ1) is 27.5. The molecule has 0 aliphatic heterocycles. The minimum Gasteiger partial charge on any atom is -0.497 e. The standard InChI is InChI=1S/C23H30BrN3O6S/c1-6-25-23(29)16(2)26(14-17-8-7-9-18(24)12-17)22(28)15-27(34(5,30)31)20-11-10-19(32-3)13-21(20)33-4/h7-13,16H,6,14-15H2,1-5H3,(H,25,29). The summed E-state index contributed by atoms with van der Waals surface area (Å²) < 4.78 is 37.7. The number of carbonyl (C=O) groups is 2. The number of carbonyl (C=O) groups excluding carboxylic acids is 2. The Morgan fingerprint density at radius 3 is 2.38 bits per heavy atom. The van der Waals surface area contributed by atoms with Crippen LogP contribution in [0, 0.1) is 0 Å². The van der Waals surface area contributed by atoms with Crippen molar-refractivity contribution in [1.82, 2.24) is 10.2 Å². The molecule has 1 N–H and O–H groups in total. The van der Waals surface area contributed by atoms with Gasteiger partial charge in [0.05, 0.1) is 26.2 Å². The summed E-state index contributed by atoms with van der Waals surface area (Å²) in [7, 11) is -0.996. The molecule has 0 saturated heterocycles. The fourth-order valence-electron chi connectivity index (χ4n) is 3.32. The average Bonchev–Trinajstić information content (AvgIpc) is 2.79. The molecule has 0 spiro atoms. The molecular formula is C23H30BrN3O6S. The van der Waals surface area contributed by atoms with E-state index >= 15 is 0 Å². The van der Waals surface area contributed by atoms with Gasteiger partial charge in [0.2, 0.25) is 21.8 Å². The summed E-state index contributed by atoms with van der Waals surface area (Å²) in [4.78, 5) is 27.5. The fourth-order valence-corrected chi connectivity index (χ4v) is 4.62. The van der Waals surface area contributed by atoms with Crippen molar-refractivity contribution in [3.05, 3.63) is 52.5 Å². The molecule has 2 amide bonds. The average molecular weight is 556 g/mol. The molecule has 0 saturated carbocycles. The van der Waals surface area contributed by atoms with Gasteiger partial charge in [-0.05, 0) is 43.7 Å². The molecule has 34 heavy (non-hydrogen) atoms. The Bertz CT molecular complexity index is 1130. The Morgan fingerprint density at radius 2 is 1.82 bits per heavy atom. The lowest BCUT2D eigenvalue weighted by Gasteiger charge is -2.31. The highest BCUT2D eigenvalue weighted by Gasteiger charge is 2.31. The van der Waals surface area contributed by atoms with Crippen molar-refractivity contribution >= 4 is 43.5 Å². The summed E-state index contributed by atoms with van der Waals surface area (Å²) in [5, 5.41) is 2.72. The molecule has 2 aromatic carbocycles. The van der Waals surface area contributed by atoms with Crippen LogP contribution in [-0.4, -0.2) is 64.7 Å². The summed E-state index contributed by atoms with van der Waals surface area (Å²) in [5.74, 6) is -0.171. The number of nitrogens with zero attached hydrogens (tertiary/aromatic N) is 2. The first-order chi connectivity index (χ1) is 16.0. The van der Waals surface area contributed by atoms with Gasteiger partial charge in [-0.25, -0.2) is 8.42 Å². The number of benzene rings is 2. The van der Waals surface area contributed by atoms with E-state index in [1.165, 1.54) is 31.3 Å². The molecule has 9 nitrogen and oxygen atoms in total. The van der Waals surface area contributed by atoms with Crippen LogP contribution < -0.4 is 19.1 Å². The third kappa shape index (κ3) is 7.10. The first-order valence-electron chi connectivity index (χ1n) is 10.5. The molecule has 1 atom stereocenters. The maximum absolute atomic E-state index is 13.5. The third-order valence-corrected chi connectivity index (χ3v) is 6.71. The number of amides is 2. The van der Waals surface area contributed by atoms with Crippen molar-refractivity contribution in [3.8, 4) is 11.5 Å². The van der Waals surface area contributed by atoms with E-state index in [1.54, 1.807) is 19.9 Å². The predicted octanol–water partition coefficient (Wildman–Crippen LogP) is 2.79. The van der Waals surface area contributed by atoms with Crippen LogP contribution in [0.1, 0.15) is 19.4 Å². The summed E-state index contributed by atoms with van der Waals surface area (Å²) >= 11 is 3.41. The fraction of sp³-hybridized carbons (Fsp3) is 0.391. The minimum atomic E-state index is -3.88. The second-order valence-corrected chi connectivity index (χ2v) is 10.4. The maximum Gasteiger partial charge on any atom is 0.244 e. The molecule has 11 heteroatoms. The summed E-state index contributed by atoms with van der Waals surface area (Å²) in [6.07, 6.45) is 1.01. The topological polar surface area (TPSA) is 105 Å². The molecule has 0 radical (unpaired) electrons. The first-order valence-corrected chi connectivity index (χ1v) is 13.2. The normalized spacial score (nSPS) is 11.9. The van der Waals surface area contributed by atoms with Crippen molar-refractivity contribution < 1.29 is 27.5 Å². The Kier molecular flexibility index (Phi) is 9.75. The minimum absolute atomic E-state index is 0.119. The lowest BCUT2D eigenvalue weighted by molar-refractivity contribution is -0.139. The van der Waals surface area contributed by atoms with E-state index in [9.17, 15) is 18.0 Å². The number of sulfonamides is 1. The van der Waals surface area contributed by atoms with E-state index in [-0.39, 0.29) is 23.9 Å².